The second-order valence-corrected chi connectivity index (χ2v) is 7.21. The Hall–Kier alpha value is -3.22. The predicted octanol–water partition coefficient (Wildman–Crippen LogP) is 2.70. The van der Waals surface area contributed by atoms with E-state index in [-0.39, 0.29) is 12.5 Å². The van der Waals surface area contributed by atoms with Crippen molar-refractivity contribution in [1.29, 1.82) is 0 Å². The van der Waals surface area contributed by atoms with E-state index in [0.717, 1.165) is 29.6 Å². The summed E-state index contributed by atoms with van der Waals surface area (Å²) in [7, 11) is 3.75. The Morgan fingerprint density at radius 2 is 2.00 bits per heavy atom. The smallest absolute Gasteiger partial charge is 0.265 e. The van der Waals surface area contributed by atoms with Crippen molar-refractivity contribution in [2.45, 2.75) is 13.3 Å². The van der Waals surface area contributed by atoms with Gasteiger partial charge in [-0.05, 0) is 37.6 Å². The predicted molar refractivity (Wildman–Crippen MR) is 120 cm³/mol. The van der Waals surface area contributed by atoms with Crippen LogP contribution < -0.4 is 19.7 Å². The van der Waals surface area contributed by atoms with Crippen molar-refractivity contribution < 1.29 is 14.3 Å². The maximum Gasteiger partial charge on any atom is 0.265 e. The van der Waals surface area contributed by atoms with Gasteiger partial charge in [0, 0.05) is 27.2 Å². The molecule has 0 spiro atoms. The molecule has 0 unspecified atom stereocenters. The van der Waals surface area contributed by atoms with E-state index in [1.54, 1.807) is 11.9 Å². The first-order valence-corrected chi connectivity index (χ1v) is 10.2. The molecule has 0 saturated carbocycles. The Morgan fingerprint density at radius 3 is 2.77 bits per heavy atom. The number of guanidine groups is 1. The summed E-state index contributed by atoms with van der Waals surface area (Å²) in [5.74, 6) is 2.42. The van der Waals surface area contributed by atoms with Gasteiger partial charge in [0.15, 0.2) is 12.6 Å². The van der Waals surface area contributed by atoms with Crippen molar-refractivity contribution in [2.75, 3.05) is 51.8 Å². The van der Waals surface area contributed by atoms with E-state index < -0.39 is 0 Å². The molecule has 7 nitrogen and oxygen atoms in total. The van der Waals surface area contributed by atoms with Gasteiger partial charge in [-0.3, -0.25) is 9.79 Å². The van der Waals surface area contributed by atoms with Crippen molar-refractivity contribution >= 4 is 17.6 Å². The van der Waals surface area contributed by atoms with E-state index in [1.165, 1.54) is 5.56 Å². The number of benzene rings is 2. The highest BCUT2D eigenvalue weighted by atomic mass is 16.5. The summed E-state index contributed by atoms with van der Waals surface area (Å²) in [5.41, 5.74) is 2.05. The molecule has 0 saturated heterocycles. The Bertz CT molecular complexity index is 867. The van der Waals surface area contributed by atoms with Gasteiger partial charge in [0.2, 0.25) is 0 Å². The van der Waals surface area contributed by atoms with Gasteiger partial charge in [-0.2, -0.15) is 0 Å². The summed E-state index contributed by atoms with van der Waals surface area (Å²) in [6, 6.07) is 15.7. The molecule has 1 heterocycles. The molecular formula is C23H30N4O3. The number of likely N-dealkylation sites (N-methyl/N-ethyl adjacent to an activating group) is 1. The van der Waals surface area contributed by atoms with Gasteiger partial charge in [0.25, 0.3) is 5.91 Å². The second-order valence-electron chi connectivity index (χ2n) is 7.21. The fourth-order valence-corrected chi connectivity index (χ4v) is 3.26. The second kappa shape index (κ2) is 10.5. The molecule has 1 aliphatic heterocycles. The molecule has 0 atom stereocenters. The number of carbonyl (C=O) groups is 1. The van der Waals surface area contributed by atoms with E-state index in [2.05, 4.69) is 17.2 Å². The Balaban J connectivity index is 1.41. The molecule has 0 aromatic heterocycles. The van der Waals surface area contributed by atoms with Gasteiger partial charge >= 0.3 is 0 Å². The van der Waals surface area contributed by atoms with Gasteiger partial charge < -0.3 is 24.6 Å². The maximum atomic E-state index is 12.2. The average Bonchev–Trinajstić information content (AvgIpc) is 2.76. The van der Waals surface area contributed by atoms with E-state index in [9.17, 15) is 4.79 Å². The normalized spacial score (nSPS) is 13.5. The quantitative estimate of drug-likeness (QED) is 0.412. The van der Waals surface area contributed by atoms with Gasteiger partial charge in [-0.25, -0.2) is 0 Å². The SMILES string of the molecule is CN=C(NCCCN1C(=O)COc2ccccc21)N(C)CCOc1ccc(C)cc1. The summed E-state index contributed by atoms with van der Waals surface area (Å²) in [4.78, 5) is 20.4. The van der Waals surface area contributed by atoms with Crippen LogP contribution in [0, 0.1) is 6.92 Å². The molecule has 0 bridgehead atoms. The largest absolute Gasteiger partial charge is 0.492 e. The minimum Gasteiger partial charge on any atom is -0.492 e. The number of ether oxygens (including phenoxy) is 2. The Kier molecular flexibility index (Phi) is 7.54. The van der Waals surface area contributed by atoms with E-state index in [4.69, 9.17) is 9.47 Å². The topological polar surface area (TPSA) is 66.4 Å². The molecule has 0 fully saturated rings. The van der Waals surface area contributed by atoms with Gasteiger partial charge in [0.1, 0.15) is 18.1 Å². The van der Waals surface area contributed by atoms with Crippen LogP contribution in [-0.4, -0.2) is 63.7 Å². The van der Waals surface area contributed by atoms with Crippen molar-refractivity contribution in [3.05, 3.63) is 54.1 Å². The summed E-state index contributed by atoms with van der Waals surface area (Å²) >= 11 is 0. The van der Waals surface area contributed by atoms with Crippen molar-refractivity contribution in [2.24, 2.45) is 4.99 Å². The first kappa shape index (κ1) is 21.5. The molecule has 1 N–H and O–H groups in total. The molecule has 7 heteroatoms. The van der Waals surface area contributed by atoms with E-state index in [1.807, 2.05) is 60.5 Å². The zero-order valence-corrected chi connectivity index (χ0v) is 17.9. The van der Waals surface area contributed by atoms with Crippen LogP contribution in [0.15, 0.2) is 53.5 Å². The van der Waals surface area contributed by atoms with Crippen LogP contribution in [0.25, 0.3) is 0 Å². The van der Waals surface area contributed by atoms with Crippen LogP contribution in [0.1, 0.15) is 12.0 Å². The highest BCUT2D eigenvalue weighted by molar-refractivity contribution is 5.97. The van der Waals surface area contributed by atoms with Crippen LogP contribution in [0.2, 0.25) is 0 Å². The van der Waals surface area contributed by atoms with E-state index in [0.29, 0.717) is 26.2 Å². The fraction of sp³-hybridized carbons (Fsp3) is 0.391. The number of carbonyl (C=O) groups excluding carboxylic acids is 1. The molecule has 1 aliphatic rings. The monoisotopic (exact) mass is 410 g/mol. The Labute approximate surface area is 178 Å². The molecule has 2 aromatic rings. The first-order chi connectivity index (χ1) is 14.6. The zero-order valence-electron chi connectivity index (χ0n) is 17.9. The number of hydrogen-bond acceptors (Lipinski definition) is 4. The van der Waals surface area contributed by atoms with Gasteiger partial charge in [-0.1, -0.05) is 29.8 Å². The molecule has 2 aromatic carbocycles. The third kappa shape index (κ3) is 5.65. The number of aryl methyl sites for hydroxylation is 1. The van der Waals surface area contributed by atoms with Crippen molar-refractivity contribution in [1.82, 2.24) is 10.2 Å². The number of para-hydroxylation sites is 2. The molecular weight excluding hydrogens is 380 g/mol. The first-order valence-electron chi connectivity index (χ1n) is 10.2. The number of nitrogens with one attached hydrogen (secondary N) is 1. The molecule has 0 aliphatic carbocycles. The standard InChI is InChI=1S/C23H30N4O3/c1-18-9-11-19(12-10-18)29-16-15-26(3)23(24-2)25-13-6-14-27-20-7-4-5-8-21(20)30-17-22(27)28/h4-5,7-12H,6,13-17H2,1-3H3,(H,24,25). The number of fused-ring (bicyclic) bond motifs is 1. The number of hydrogen-bond donors (Lipinski definition) is 1. The lowest BCUT2D eigenvalue weighted by molar-refractivity contribution is -0.121. The number of aliphatic imine (C=N–C) groups is 1. The third-order valence-electron chi connectivity index (χ3n) is 4.94. The highest BCUT2D eigenvalue weighted by Crippen LogP contribution is 2.31. The molecule has 0 radical (unpaired) electrons. The molecule has 30 heavy (non-hydrogen) atoms. The van der Waals surface area contributed by atoms with Crippen molar-refractivity contribution in [3.8, 4) is 11.5 Å². The molecule has 160 valence electrons. The maximum absolute atomic E-state index is 12.2. The highest BCUT2D eigenvalue weighted by Gasteiger charge is 2.24. The number of anilines is 1. The van der Waals surface area contributed by atoms with Crippen LogP contribution in [0.3, 0.4) is 0 Å². The van der Waals surface area contributed by atoms with Crippen LogP contribution in [0.4, 0.5) is 5.69 Å². The summed E-state index contributed by atoms with van der Waals surface area (Å²) in [6.45, 7) is 4.77. The molecule has 3 rings (SSSR count). The van der Waals surface area contributed by atoms with Crippen molar-refractivity contribution in [3.63, 3.8) is 0 Å². The van der Waals surface area contributed by atoms with Crippen LogP contribution in [-0.2, 0) is 4.79 Å². The summed E-state index contributed by atoms with van der Waals surface area (Å²) < 4.78 is 11.3. The number of rotatable bonds is 8. The summed E-state index contributed by atoms with van der Waals surface area (Å²) in [5, 5.41) is 3.35. The van der Waals surface area contributed by atoms with Crippen LogP contribution >= 0.6 is 0 Å². The van der Waals surface area contributed by atoms with Crippen LogP contribution in [0.5, 0.6) is 11.5 Å². The average molecular weight is 411 g/mol. The third-order valence-corrected chi connectivity index (χ3v) is 4.94. The lowest BCUT2D eigenvalue weighted by Crippen LogP contribution is -2.43. The minimum atomic E-state index is -0.0107. The fourth-order valence-electron chi connectivity index (χ4n) is 3.26. The lowest BCUT2D eigenvalue weighted by atomic mass is 10.2. The molecule has 1 amide bonds. The zero-order chi connectivity index (χ0) is 21.3. The lowest BCUT2D eigenvalue weighted by Gasteiger charge is -2.29. The van der Waals surface area contributed by atoms with Gasteiger partial charge in [-0.15, -0.1) is 0 Å². The summed E-state index contributed by atoms with van der Waals surface area (Å²) in [6.07, 6.45) is 0.798. The number of nitrogens with zero attached hydrogens (tertiary/aromatic N) is 3. The van der Waals surface area contributed by atoms with E-state index >= 15 is 0 Å². The Morgan fingerprint density at radius 1 is 1.23 bits per heavy atom. The minimum absolute atomic E-state index is 0.0107. The number of amides is 1. The van der Waals surface area contributed by atoms with Gasteiger partial charge in [0.05, 0.1) is 12.2 Å².